The Labute approximate surface area is 114 Å². The summed E-state index contributed by atoms with van der Waals surface area (Å²) in [4.78, 5) is 0. The van der Waals surface area contributed by atoms with E-state index in [2.05, 4.69) is 0 Å². The van der Waals surface area contributed by atoms with Crippen LogP contribution in [0.1, 0.15) is 31.1 Å². The molecule has 0 amide bonds. The molecule has 1 aromatic heterocycles. The smallest absolute Gasteiger partial charge is 0.417 e. The van der Waals surface area contributed by atoms with E-state index in [1.165, 1.54) is 12.1 Å². The maximum absolute atomic E-state index is 12.8. The first-order valence-electron chi connectivity index (χ1n) is 5.76. The molecule has 0 aliphatic rings. The zero-order chi connectivity index (χ0) is 14.2. The Hall–Kier alpha value is -1.42. The van der Waals surface area contributed by atoms with Crippen LogP contribution >= 0.6 is 11.6 Å². The third-order valence-corrected chi connectivity index (χ3v) is 3.08. The Kier molecular flexibility index (Phi) is 3.63. The molecular weight excluding hydrogens is 277 g/mol. The Morgan fingerprint density at radius 3 is 2.32 bits per heavy atom. The summed E-state index contributed by atoms with van der Waals surface area (Å²) in [5, 5.41) is -0.313. The van der Waals surface area contributed by atoms with Gasteiger partial charge in [0.25, 0.3) is 0 Å². The molecule has 0 atom stereocenters. The van der Waals surface area contributed by atoms with Crippen molar-refractivity contribution in [2.45, 2.75) is 25.9 Å². The molecule has 0 N–H and O–H groups in total. The summed E-state index contributed by atoms with van der Waals surface area (Å²) >= 11 is 5.57. The molecule has 0 saturated heterocycles. The van der Waals surface area contributed by atoms with Gasteiger partial charge in [-0.05, 0) is 30.3 Å². The molecule has 0 aliphatic carbocycles. The number of furan rings is 1. The van der Waals surface area contributed by atoms with Gasteiger partial charge >= 0.3 is 6.18 Å². The lowest BCUT2D eigenvalue weighted by Crippen LogP contribution is -2.05. The molecule has 0 fully saturated rings. The number of alkyl halides is 3. The monoisotopic (exact) mass is 288 g/mol. The molecule has 2 aromatic rings. The highest BCUT2D eigenvalue weighted by Crippen LogP contribution is 2.37. The summed E-state index contributed by atoms with van der Waals surface area (Å²) in [6, 6.07) is 7.18. The average Bonchev–Trinajstić information content (AvgIpc) is 2.77. The maximum atomic E-state index is 12.8. The first kappa shape index (κ1) is 14.0. The van der Waals surface area contributed by atoms with E-state index >= 15 is 0 Å². The van der Waals surface area contributed by atoms with Crippen molar-refractivity contribution in [2.24, 2.45) is 0 Å². The van der Waals surface area contributed by atoms with E-state index in [-0.39, 0.29) is 10.9 Å². The van der Waals surface area contributed by atoms with Crippen LogP contribution in [0.3, 0.4) is 0 Å². The molecule has 1 heterocycles. The fourth-order valence-electron chi connectivity index (χ4n) is 1.71. The van der Waals surface area contributed by atoms with Gasteiger partial charge in [0.1, 0.15) is 11.5 Å². The molecule has 1 aromatic carbocycles. The van der Waals surface area contributed by atoms with Crippen molar-refractivity contribution in [3.63, 3.8) is 0 Å². The summed E-state index contributed by atoms with van der Waals surface area (Å²) in [5.41, 5.74) is -0.488. The number of hydrogen-bond acceptors (Lipinski definition) is 1. The van der Waals surface area contributed by atoms with Crippen LogP contribution in [0.5, 0.6) is 0 Å². The Balaban J connectivity index is 2.45. The van der Waals surface area contributed by atoms with E-state index in [4.69, 9.17) is 16.0 Å². The van der Waals surface area contributed by atoms with Crippen LogP contribution in [0.15, 0.2) is 34.7 Å². The summed E-state index contributed by atoms with van der Waals surface area (Å²) in [5.74, 6) is 1.33. The standard InChI is InChI=1S/C14H12ClF3O/c1-8(2)12-5-6-13(19-12)9-3-4-11(15)10(7-9)14(16,17)18/h3-8H,1-2H3. The van der Waals surface area contributed by atoms with Crippen LogP contribution in [0.25, 0.3) is 11.3 Å². The lowest BCUT2D eigenvalue weighted by atomic mass is 10.1. The van der Waals surface area contributed by atoms with Crippen molar-refractivity contribution in [3.05, 3.63) is 46.7 Å². The minimum absolute atomic E-state index is 0.183. The Morgan fingerprint density at radius 1 is 1.11 bits per heavy atom. The van der Waals surface area contributed by atoms with Crippen molar-refractivity contribution in [1.82, 2.24) is 0 Å². The molecular formula is C14H12ClF3O. The average molecular weight is 289 g/mol. The normalized spacial score (nSPS) is 12.2. The third-order valence-electron chi connectivity index (χ3n) is 2.75. The van der Waals surface area contributed by atoms with Crippen molar-refractivity contribution >= 4 is 11.6 Å². The van der Waals surface area contributed by atoms with Gasteiger partial charge < -0.3 is 4.42 Å². The van der Waals surface area contributed by atoms with Gasteiger partial charge in [0, 0.05) is 11.5 Å². The summed E-state index contributed by atoms with van der Waals surface area (Å²) in [7, 11) is 0. The molecule has 102 valence electrons. The van der Waals surface area contributed by atoms with Gasteiger partial charge in [0.05, 0.1) is 10.6 Å². The number of hydrogen-bond donors (Lipinski definition) is 0. The van der Waals surface area contributed by atoms with Gasteiger partial charge in [-0.25, -0.2) is 0 Å². The van der Waals surface area contributed by atoms with Crippen LogP contribution in [-0.2, 0) is 6.18 Å². The predicted octanol–water partition coefficient (Wildman–Crippen LogP) is 5.74. The van der Waals surface area contributed by atoms with Crippen LogP contribution in [0.4, 0.5) is 13.2 Å². The molecule has 2 rings (SSSR count). The van der Waals surface area contributed by atoms with Crippen LogP contribution in [0, 0.1) is 0 Å². The molecule has 19 heavy (non-hydrogen) atoms. The molecule has 1 nitrogen and oxygen atoms in total. The minimum Gasteiger partial charge on any atom is -0.461 e. The number of halogens is 4. The Morgan fingerprint density at radius 2 is 1.79 bits per heavy atom. The van der Waals surface area contributed by atoms with Crippen molar-refractivity contribution in [1.29, 1.82) is 0 Å². The lowest BCUT2D eigenvalue weighted by molar-refractivity contribution is -0.137. The van der Waals surface area contributed by atoms with E-state index in [0.29, 0.717) is 11.3 Å². The fourth-order valence-corrected chi connectivity index (χ4v) is 1.94. The van der Waals surface area contributed by atoms with E-state index in [1.54, 1.807) is 12.1 Å². The first-order valence-corrected chi connectivity index (χ1v) is 6.13. The van der Waals surface area contributed by atoms with Gasteiger partial charge in [0.15, 0.2) is 0 Å². The highest BCUT2D eigenvalue weighted by atomic mass is 35.5. The van der Waals surface area contributed by atoms with Crippen LogP contribution in [0.2, 0.25) is 5.02 Å². The molecule has 0 aliphatic heterocycles. The Bertz CT molecular complexity index is 585. The quantitative estimate of drug-likeness (QED) is 0.686. The summed E-state index contributed by atoms with van der Waals surface area (Å²) < 4.78 is 43.8. The lowest BCUT2D eigenvalue weighted by Gasteiger charge is -2.10. The predicted molar refractivity (Wildman–Crippen MR) is 68.2 cm³/mol. The third kappa shape index (κ3) is 2.95. The largest absolute Gasteiger partial charge is 0.461 e. The topological polar surface area (TPSA) is 13.1 Å². The summed E-state index contributed by atoms with van der Waals surface area (Å²) in [6.45, 7) is 3.90. The zero-order valence-electron chi connectivity index (χ0n) is 10.4. The second-order valence-electron chi connectivity index (χ2n) is 4.55. The molecule has 0 saturated carbocycles. The van der Waals surface area contributed by atoms with Gasteiger partial charge in [-0.15, -0.1) is 0 Å². The molecule has 0 spiro atoms. The maximum Gasteiger partial charge on any atom is 0.417 e. The second kappa shape index (κ2) is 4.93. The minimum atomic E-state index is -4.47. The van der Waals surface area contributed by atoms with Crippen LogP contribution < -0.4 is 0 Å². The van der Waals surface area contributed by atoms with E-state index in [9.17, 15) is 13.2 Å². The van der Waals surface area contributed by atoms with Gasteiger partial charge in [-0.1, -0.05) is 25.4 Å². The van der Waals surface area contributed by atoms with Crippen LogP contribution in [-0.4, -0.2) is 0 Å². The van der Waals surface area contributed by atoms with Gasteiger partial charge in [-0.2, -0.15) is 13.2 Å². The molecule has 0 radical (unpaired) electrons. The zero-order valence-corrected chi connectivity index (χ0v) is 11.1. The molecule has 5 heteroatoms. The number of benzene rings is 1. The van der Waals surface area contributed by atoms with E-state index < -0.39 is 11.7 Å². The molecule has 0 bridgehead atoms. The first-order chi connectivity index (χ1) is 8.79. The van der Waals surface area contributed by atoms with Gasteiger partial charge in [0.2, 0.25) is 0 Å². The molecule has 0 unspecified atom stereocenters. The SMILES string of the molecule is CC(C)c1ccc(-c2ccc(Cl)c(C(F)(F)F)c2)o1. The highest BCUT2D eigenvalue weighted by Gasteiger charge is 2.33. The van der Waals surface area contributed by atoms with Crippen molar-refractivity contribution in [3.8, 4) is 11.3 Å². The van der Waals surface area contributed by atoms with Crippen molar-refractivity contribution in [2.75, 3.05) is 0 Å². The van der Waals surface area contributed by atoms with Crippen molar-refractivity contribution < 1.29 is 17.6 Å². The van der Waals surface area contributed by atoms with Gasteiger partial charge in [-0.3, -0.25) is 0 Å². The second-order valence-corrected chi connectivity index (χ2v) is 4.96. The number of rotatable bonds is 2. The highest BCUT2D eigenvalue weighted by molar-refractivity contribution is 6.31. The summed E-state index contributed by atoms with van der Waals surface area (Å²) in [6.07, 6.45) is -4.47. The van der Waals surface area contributed by atoms with E-state index in [0.717, 1.165) is 11.8 Å². The van der Waals surface area contributed by atoms with E-state index in [1.807, 2.05) is 13.8 Å². The fraction of sp³-hybridized carbons (Fsp3) is 0.286.